The van der Waals surface area contributed by atoms with E-state index in [4.69, 9.17) is 13.9 Å². The summed E-state index contributed by atoms with van der Waals surface area (Å²) in [7, 11) is 0. The normalized spacial score (nSPS) is 10.6. The number of benzene rings is 1. The molecule has 0 fully saturated rings. The third-order valence-electron chi connectivity index (χ3n) is 4.01. The maximum Gasteiger partial charge on any atom is 0.286 e. The zero-order valence-electron chi connectivity index (χ0n) is 16.2. The Morgan fingerprint density at radius 2 is 1.89 bits per heavy atom. The number of amides is 1. The first-order valence-electron chi connectivity index (χ1n) is 9.35. The van der Waals surface area contributed by atoms with Crippen LogP contribution >= 0.6 is 0 Å². The molecule has 2 heterocycles. The van der Waals surface area contributed by atoms with Crippen molar-refractivity contribution in [3.63, 3.8) is 0 Å². The molecule has 28 heavy (non-hydrogen) atoms. The third-order valence-corrected chi connectivity index (χ3v) is 4.01. The molecule has 0 spiro atoms. The van der Waals surface area contributed by atoms with Gasteiger partial charge in [-0.05, 0) is 62.2 Å². The van der Waals surface area contributed by atoms with E-state index < -0.39 is 0 Å². The Morgan fingerprint density at radius 1 is 1.14 bits per heavy atom. The van der Waals surface area contributed by atoms with Crippen LogP contribution in [0.2, 0.25) is 0 Å². The van der Waals surface area contributed by atoms with E-state index in [1.54, 1.807) is 12.1 Å². The van der Waals surface area contributed by atoms with E-state index in [1.807, 2.05) is 55.2 Å². The minimum atomic E-state index is -0.232. The van der Waals surface area contributed by atoms with Crippen LogP contribution in [0.15, 0.2) is 53.2 Å². The van der Waals surface area contributed by atoms with E-state index in [0.717, 1.165) is 24.3 Å². The highest BCUT2D eigenvalue weighted by molar-refractivity contribution is 5.91. The van der Waals surface area contributed by atoms with Crippen molar-refractivity contribution >= 4 is 5.91 Å². The Balaban J connectivity index is 1.40. The van der Waals surface area contributed by atoms with Gasteiger partial charge in [0.05, 0.1) is 12.8 Å². The van der Waals surface area contributed by atoms with Crippen molar-refractivity contribution in [3.05, 3.63) is 65.9 Å². The molecule has 148 valence electrons. The van der Waals surface area contributed by atoms with E-state index in [0.29, 0.717) is 24.7 Å². The molecular weight excluding hydrogens is 358 g/mol. The Morgan fingerprint density at radius 3 is 2.57 bits per heavy atom. The summed E-state index contributed by atoms with van der Waals surface area (Å²) in [4.78, 5) is 12.2. The molecule has 0 atom stereocenters. The fourth-order valence-corrected chi connectivity index (χ4v) is 2.65. The van der Waals surface area contributed by atoms with Crippen LogP contribution in [0.3, 0.4) is 0 Å². The summed E-state index contributed by atoms with van der Waals surface area (Å²) in [6.07, 6.45) is 4.59. The number of furan rings is 1. The highest BCUT2D eigenvalue weighted by atomic mass is 16.5. The second-order valence-electron chi connectivity index (χ2n) is 6.35. The number of hydrogen-bond acceptors (Lipinski definition) is 5. The van der Waals surface area contributed by atoms with E-state index >= 15 is 0 Å². The number of aryl methyl sites for hydroxylation is 2. The predicted octanol–water partition coefficient (Wildman–Crippen LogP) is 3.58. The summed E-state index contributed by atoms with van der Waals surface area (Å²) in [5.74, 6) is 2.14. The molecule has 0 aliphatic heterocycles. The second-order valence-corrected chi connectivity index (χ2v) is 6.35. The molecular formula is C21H25N3O4. The van der Waals surface area contributed by atoms with Crippen LogP contribution in [0.25, 0.3) is 0 Å². The number of nitrogens with one attached hydrogen (secondary N) is 1. The van der Waals surface area contributed by atoms with E-state index in [9.17, 15) is 4.79 Å². The first-order valence-corrected chi connectivity index (χ1v) is 9.35. The number of rotatable bonds is 10. The van der Waals surface area contributed by atoms with Gasteiger partial charge in [-0.2, -0.15) is 5.10 Å². The zero-order chi connectivity index (χ0) is 19.8. The molecule has 0 saturated carbocycles. The van der Waals surface area contributed by atoms with Gasteiger partial charge in [-0.25, -0.2) is 0 Å². The Bertz CT molecular complexity index is 883. The van der Waals surface area contributed by atoms with Gasteiger partial charge in [-0.3, -0.25) is 9.48 Å². The van der Waals surface area contributed by atoms with Crippen molar-refractivity contribution in [2.24, 2.45) is 0 Å². The quantitative estimate of drug-likeness (QED) is 0.542. The largest absolute Gasteiger partial charge is 0.494 e. The first kappa shape index (κ1) is 19.5. The molecule has 1 N–H and O–H groups in total. The molecule has 0 bridgehead atoms. The average molecular weight is 383 g/mol. The standard InChI is InChI=1S/C21H25N3O4/c1-3-26-17-5-7-18(8-6-17)27-15-19-9-10-20(28-19)21(25)22-11-4-12-24-14-16(2)13-23-24/h5-10,13-14H,3-4,11-12,15H2,1-2H3,(H,22,25). The van der Waals surface area contributed by atoms with E-state index in [2.05, 4.69) is 10.4 Å². The summed E-state index contributed by atoms with van der Waals surface area (Å²) in [5.41, 5.74) is 1.12. The maximum absolute atomic E-state index is 12.2. The smallest absolute Gasteiger partial charge is 0.286 e. The van der Waals surface area contributed by atoms with Gasteiger partial charge < -0.3 is 19.2 Å². The molecule has 0 radical (unpaired) electrons. The van der Waals surface area contributed by atoms with Gasteiger partial charge >= 0.3 is 0 Å². The van der Waals surface area contributed by atoms with Gasteiger partial charge in [0.15, 0.2) is 5.76 Å². The first-order chi connectivity index (χ1) is 13.6. The van der Waals surface area contributed by atoms with Crippen LogP contribution in [0.1, 0.15) is 35.2 Å². The summed E-state index contributed by atoms with van der Waals surface area (Å²) in [6, 6.07) is 10.8. The molecule has 2 aromatic heterocycles. The minimum Gasteiger partial charge on any atom is -0.494 e. The van der Waals surface area contributed by atoms with Gasteiger partial charge in [-0.15, -0.1) is 0 Å². The van der Waals surface area contributed by atoms with Crippen molar-refractivity contribution in [2.45, 2.75) is 33.4 Å². The molecule has 3 aromatic rings. The number of aromatic nitrogens is 2. The number of hydrogen-bond donors (Lipinski definition) is 1. The van der Waals surface area contributed by atoms with Crippen molar-refractivity contribution < 1.29 is 18.7 Å². The number of carbonyl (C=O) groups is 1. The molecule has 1 amide bonds. The van der Waals surface area contributed by atoms with Crippen LogP contribution in [-0.4, -0.2) is 28.8 Å². The minimum absolute atomic E-state index is 0.232. The van der Waals surface area contributed by atoms with Crippen LogP contribution in [0.4, 0.5) is 0 Å². The number of ether oxygens (including phenoxy) is 2. The average Bonchev–Trinajstić information content (AvgIpc) is 3.34. The monoisotopic (exact) mass is 383 g/mol. The lowest BCUT2D eigenvalue weighted by molar-refractivity contribution is 0.0920. The Kier molecular flexibility index (Phi) is 6.73. The molecule has 0 aliphatic rings. The maximum atomic E-state index is 12.2. The van der Waals surface area contributed by atoms with Crippen LogP contribution in [0.5, 0.6) is 11.5 Å². The molecule has 0 saturated heterocycles. The van der Waals surface area contributed by atoms with Crippen molar-refractivity contribution in [1.29, 1.82) is 0 Å². The second kappa shape index (κ2) is 9.64. The highest BCUT2D eigenvalue weighted by Gasteiger charge is 2.11. The van der Waals surface area contributed by atoms with Crippen LogP contribution in [0, 0.1) is 6.92 Å². The molecule has 0 aliphatic carbocycles. The van der Waals surface area contributed by atoms with Gasteiger partial charge in [-0.1, -0.05) is 0 Å². The summed E-state index contributed by atoms with van der Waals surface area (Å²) in [6.45, 7) is 6.12. The lowest BCUT2D eigenvalue weighted by Gasteiger charge is -2.06. The van der Waals surface area contributed by atoms with Gasteiger partial charge in [0.25, 0.3) is 5.91 Å². The molecule has 3 rings (SSSR count). The summed E-state index contributed by atoms with van der Waals surface area (Å²) >= 11 is 0. The summed E-state index contributed by atoms with van der Waals surface area (Å²) < 4.78 is 18.5. The lowest BCUT2D eigenvalue weighted by Crippen LogP contribution is -2.24. The van der Waals surface area contributed by atoms with Gasteiger partial charge in [0.2, 0.25) is 0 Å². The third kappa shape index (κ3) is 5.64. The topological polar surface area (TPSA) is 78.5 Å². The number of nitrogens with zero attached hydrogens (tertiary/aromatic N) is 2. The van der Waals surface area contributed by atoms with E-state index in [-0.39, 0.29) is 18.3 Å². The fraction of sp³-hybridized carbons (Fsp3) is 0.333. The SMILES string of the molecule is CCOc1ccc(OCc2ccc(C(=O)NCCCn3cc(C)cn3)o2)cc1. The van der Waals surface area contributed by atoms with Crippen molar-refractivity contribution in [3.8, 4) is 11.5 Å². The van der Waals surface area contributed by atoms with Crippen LogP contribution < -0.4 is 14.8 Å². The molecule has 0 unspecified atom stereocenters. The molecule has 7 nitrogen and oxygen atoms in total. The molecule has 7 heteroatoms. The highest BCUT2D eigenvalue weighted by Crippen LogP contribution is 2.19. The lowest BCUT2D eigenvalue weighted by atomic mass is 10.3. The Hall–Kier alpha value is -3.22. The van der Waals surface area contributed by atoms with E-state index in [1.165, 1.54) is 0 Å². The zero-order valence-corrected chi connectivity index (χ0v) is 16.2. The fourth-order valence-electron chi connectivity index (χ4n) is 2.65. The van der Waals surface area contributed by atoms with Gasteiger partial charge in [0.1, 0.15) is 23.9 Å². The molecule has 1 aromatic carbocycles. The van der Waals surface area contributed by atoms with Crippen molar-refractivity contribution in [2.75, 3.05) is 13.2 Å². The Labute approximate surface area is 164 Å². The predicted molar refractivity (Wildman–Crippen MR) is 105 cm³/mol. The van der Waals surface area contributed by atoms with Crippen LogP contribution in [-0.2, 0) is 13.2 Å². The van der Waals surface area contributed by atoms with Gasteiger partial charge in [0, 0.05) is 19.3 Å². The summed E-state index contributed by atoms with van der Waals surface area (Å²) in [5, 5.41) is 7.07. The van der Waals surface area contributed by atoms with Crippen molar-refractivity contribution in [1.82, 2.24) is 15.1 Å². The number of carbonyl (C=O) groups excluding carboxylic acids is 1.